The molecule has 6 rings (SSSR count). The largest absolute Gasteiger partial charge is 0.461 e. The van der Waals surface area contributed by atoms with Gasteiger partial charge in [-0.25, -0.2) is 0 Å². The number of anilines is 4. The highest BCUT2D eigenvalue weighted by Gasteiger charge is 2.49. The van der Waals surface area contributed by atoms with Gasteiger partial charge in [-0.15, -0.1) is 0 Å². The molecule has 0 fully saturated rings. The Morgan fingerprint density at radius 2 is 1.50 bits per heavy atom. The minimum absolute atomic E-state index is 0.0172. The van der Waals surface area contributed by atoms with E-state index in [-0.39, 0.29) is 6.98 Å². The molecule has 0 saturated heterocycles. The molecular formula is C21H14BN3O. The van der Waals surface area contributed by atoms with Crippen molar-refractivity contribution < 1.29 is 4.42 Å². The number of aromatic nitrogens is 1. The van der Waals surface area contributed by atoms with Crippen LogP contribution in [0, 0.1) is 0 Å². The Balaban J connectivity index is 1.69. The van der Waals surface area contributed by atoms with Gasteiger partial charge in [-0.2, -0.15) is 0 Å². The van der Waals surface area contributed by atoms with Crippen LogP contribution in [0.3, 0.4) is 0 Å². The van der Waals surface area contributed by atoms with Gasteiger partial charge in [0, 0.05) is 11.9 Å². The van der Waals surface area contributed by atoms with E-state index in [1.807, 2.05) is 24.4 Å². The number of furan rings is 1. The van der Waals surface area contributed by atoms with E-state index in [2.05, 4.69) is 69.2 Å². The lowest BCUT2D eigenvalue weighted by Gasteiger charge is -2.33. The molecule has 5 heteroatoms. The van der Waals surface area contributed by atoms with E-state index in [9.17, 15) is 0 Å². The molecule has 0 bridgehead atoms. The number of hydrogen-bond acceptors (Lipinski definition) is 4. The number of hydrogen-bond donors (Lipinski definition) is 0. The minimum Gasteiger partial charge on any atom is -0.461 e. The lowest BCUT2D eigenvalue weighted by molar-refractivity contribution is 0.580. The van der Waals surface area contributed by atoms with Crippen LogP contribution in [0.15, 0.2) is 89.7 Å². The van der Waals surface area contributed by atoms with E-state index in [4.69, 9.17) is 4.42 Å². The molecule has 0 saturated carbocycles. The number of pyridine rings is 1. The summed E-state index contributed by atoms with van der Waals surface area (Å²) in [6.45, 7) is 0.0172. The Morgan fingerprint density at radius 1 is 0.731 bits per heavy atom. The van der Waals surface area contributed by atoms with Gasteiger partial charge in [-0.1, -0.05) is 36.4 Å². The number of benzene rings is 2. The summed E-state index contributed by atoms with van der Waals surface area (Å²) in [7, 11) is 0. The van der Waals surface area contributed by atoms with E-state index in [0.717, 1.165) is 28.3 Å². The molecule has 4 heterocycles. The third-order valence-electron chi connectivity index (χ3n) is 5.16. The third kappa shape index (κ3) is 1.67. The first kappa shape index (κ1) is 13.8. The van der Waals surface area contributed by atoms with Crippen molar-refractivity contribution in [3.63, 3.8) is 0 Å². The van der Waals surface area contributed by atoms with Crippen LogP contribution in [0.25, 0.3) is 11.5 Å². The normalized spacial score (nSPS) is 13.9. The van der Waals surface area contributed by atoms with Gasteiger partial charge in [-0.3, -0.25) is 4.98 Å². The van der Waals surface area contributed by atoms with Gasteiger partial charge in [-0.05, 0) is 41.9 Å². The summed E-state index contributed by atoms with van der Waals surface area (Å²) in [6.07, 6.45) is 3.58. The van der Waals surface area contributed by atoms with Crippen molar-refractivity contribution in [1.82, 2.24) is 4.98 Å². The Kier molecular flexibility index (Phi) is 2.66. The molecule has 2 aromatic carbocycles. The van der Waals surface area contributed by atoms with Gasteiger partial charge < -0.3 is 14.0 Å². The highest BCUT2D eigenvalue weighted by atomic mass is 16.3. The van der Waals surface area contributed by atoms with Gasteiger partial charge in [0.25, 0.3) is 0 Å². The fraction of sp³-hybridized carbons (Fsp3) is 0. The van der Waals surface area contributed by atoms with Crippen molar-refractivity contribution in [2.75, 3.05) is 9.62 Å². The minimum atomic E-state index is 0.0172. The van der Waals surface area contributed by atoms with Crippen molar-refractivity contribution in [1.29, 1.82) is 0 Å². The van der Waals surface area contributed by atoms with Gasteiger partial charge in [0.05, 0.1) is 23.3 Å². The molecular weight excluding hydrogens is 321 g/mol. The van der Waals surface area contributed by atoms with Crippen LogP contribution >= 0.6 is 0 Å². The number of rotatable bonds is 1. The monoisotopic (exact) mass is 335 g/mol. The Hall–Kier alpha value is -3.47. The summed E-state index contributed by atoms with van der Waals surface area (Å²) in [5, 5.41) is 0. The van der Waals surface area contributed by atoms with E-state index >= 15 is 0 Å². The molecule has 0 N–H and O–H groups in total. The van der Waals surface area contributed by atoms with Crippen LogP contribution in [0.5, 0.6) is 0 Å². The predicted molar refractivity (Wildman–Crippen MR) is 104 cm³/mol. The van der Waals surface area contributed by atoms with E-state index < -0.39 is 0 Å². The molecule has 2 aromatic heterocycles. The van der Waals surface area contributed by atoms with E-state index in [0.29, 0.717) is 0 Å². The zero-order valence-electron chi connectivity index (χ0n) is 13.9. The predicted octanol–water partition coefficient (Wildman–Crippen LogP) is 4.34. The smallest absolute Gasteiger partial charge is 0.423 e. The van der Waals surface area contributed by atoms with Crippen LogP contribution in [-0.2, 0) is 0 Å². The van der Waals surface area contributed by atoms with Crippen LogP contribution in [-0.4, -0.2) is 12.0 Å². The maximum absolute atomic E-state index is 5.82. The Labute approximate surface area is 151 Å². The second kappa shape index (κ2) is 5.02. The molecule has 4 aromatic rings. The van der Waals surface area contributed by atoms with Crippen LogP contribution in [0.4, 0.5) is 22.7 Å². The zero-order valence-corrected chi connectivity index (χ0v) is 13.9. The van der Waals surface area contributed by atoms with Crippen LogP contribution in [0.2, 0.25) is 0 Å². The fourth-order valence-corrected chi connectivity index (χ4v) is 4.14. The molecule has 0 aliphatic carbocycles. The molecule has 4 nitrogen and oxygen atoms in total. The van der Waals surface area contributed by atoms with E-state index in [1.54, 1.807) is 6.26 Å². The second-order valence-corrected chi connectivity index (χ2v) is 6.51. The topological polar surface area (TPSA) is 32.5 Å². The summed E-state index contributed by atoms with van der Waals surface area (Å²) in [6, 6.07) is 25.2. The molecule has 0 atom stereocenters. The summed E-state index contributed by atoms with van der Waals surface area (Å²) in [4.78, 5) is 9.37. The highest BCUT2D eigenvalue weighted by Crippen LogP contribution is 2.50. The maximum Gasteiger partial charge on any atom is 0.423 e. The first-order chi connectivity index (χ1) is 12.9. The highest BCUT2D eigenvalue weighted by molar-refractivity contribution is 6.86. The van der Waals surface area contributed by atoms with Gasteiger partial charge in [0.1, 0.15) is 5.69 Å². The maximum atomic E-state index is 5.82. The second-order valence-electron chi connectivity index (χ2n) is 6.51. The van der Waals surface area contributed by atoms with Crippen LogP contribution in [0.1, 0.15) is 0 Å². The Morgan fingerprint density at radius 3 is 2.35 bits per heavy atom. The van der Waals surface area contributed by atoms with Crippen molar-refractivity contribution in [3.8, 4) is 11.5 Å². The average Bonchev–Trinajstić information content (AvgIpc) is 3.32. The first-order valence-electron chi connectivity index (χ1n) is 8.69. The lowest BCUT2D eigenvalue weighted by Crippen LogP contribution is -2.55. The quantitative estimate of drug-likeness (QED) is 0.485. The Bertz CT molecular complexity index is 1120. The molecule has 0 radical (unpaired) electrons. The molecule has 2 aliphatic heterocycles. The summed E-state index contributed by atoms with van der Waals surface area (Å²) in [5.41, 5.74) is 6.66. The molecule has 0 spiro atoms. The SMILES string of the molecule is c1ccc(N2B3c4cccnc4-c4occc4N3c3ccccc32)cc1. The van der Waals surface area contributed by atoms with E-state index in [1.165, 1.54) is 11.4 Å². The van der Waals surface area contributed by atoms with Crippen molar-refractivity contribution in [2.45, 2.75) is 0 Å². The zero-order chi connectivity index (χ0) is 17.1. The van der Waals surface area contributed by atoms with Crippen molar-refractivity contribution in [2.24, 2.45) is 0 Å². The number of fused-ring (bicyclic) bond motifs is 8. The van der Waals surface area contributed by atoms with Crippen LogP contribution < -0.4 is 15.1 Å². The summed E-state index contributed by atoms with van der Waals surface area (Å²) >= 11 is 0. The standard InChI is InChI=1S/C21H14BN3O/c1-2-7-15(8-3-1)24-17-10-4-5-11-18(17)25-19-12-14-26-21(19)20-16(22(24)25)9-6-13-23-20/h1-14H. The molecule has 0 amide bonds. The summed E-state index contributed by atoms with van der Waals surface area (Å²) < 4.78 is 5.82. The lowest BCUT2D eigenvalue weighted by atomic mass is 9.61. The van der Waals surface area contributed by atoms with Crippen molar-refractivity contribution >= 4 is 35.2 Å². The molecule has 0 unspecified atom stereocenters. The van der Waals surface area contributed by atoms with Crippen molar-refractivity contribution in [3.05, 3.63) is 85.3 Å². The third-order valence-corrected chi connectivity index (χ3v) is 5.16. The molecule has 26 heavy (non-hydrogen) atoms. The fourth-order valence-electron chi connectivity index (χ4n) is 4.14. The number of nitrogens with zero attached hydrogens (tertiary/aromatic N) is 3. The summed E-state index contributed by atoms with van der Waals surface area (Å²) in [5.74, 6) is 0.835. The average molecular weight is 335 g/mol. The first-order valence-corrected chi connectivity index (χ1v) is 8.69. The molecule has 2 aliphatic rings. The number of para-hydroxylation sites is 3. The van der Waals surface area contributed by atoms with Gasteiger partial charge in [0.2, 0.25) is 0 Å². The van der Waals surface area contributed by atoms with Gasteiger partial charge in [0.15, 0.2) is 5.76 Å². The molecule has 122 valence electrons. The van der Waals surface area contributed by atoms with Gasteiger partial charge >= 0.3 is 6.98 Å².